The number of nitrogens with zero attached hydrogens (tertiary/aromatic N) is 3. The Morgan fingerprint density at radius 3 is 2.52 bits per heavy atom. The maximum Gasteiger partial charge on any atom is 0.282 e. The van der Waals surface area contributed by atoms with Crippen LogP contribution in [0.25, 0.3) is 0 Å². The van der Waals surface area contributed by atoms with E-state index in [2.05, 4.69) is 11.8 Å². The molecule has 2 aliphatic heterocycles. The Morgan fingerprint density at radius 1 is 1.14 bits per heavy atom. The number of aliphatic hydroxyl groups is 1. The van der Waals surface area contributed by atoms with Gasteiger partial charge >= 0.3 is 0 Å². The third kappa shape index (κ3) is 3.76. The molecule has 0 aromatic rings. The van der Waals surface area contributed by atoms with Gasteiger partial charge in [0.1, 0.15) is 0 Å². The first kappa shape index (κ1) is 17.1. The topological polar surface area (TPSA) is 64.1 Å². The summed E-state index contributed by atoms with van der Waals surface area (Å²) < 4.78 is 28.5. The van der Waals surface area contributed by atoms with Crippen molar-refractivity contribution in [1.29, 1.82) is 0 Å². The van der Waals surface area contributed by atoms with Crippen molar-refractivity contribution in [2.24, 2.45) is 0 Å². The van der Waals surface area contributed by atoms with E-state index >= 15 is 0 Å². The Kier molecular flexibility index (Phi) is 6.02. The van der Waals surface area contributed by atoms with Crippen molar-refractivity contribution < 1.29 is 13.5 Å². The van der Waals surface area contributed by atoms with Gasteiger partial charge in [-0.2, -0.15) is 17.0 Å². The Hall–Kier alpha value is -0.210. The van der Waals surface area contributed by atoms with Gasteiger partial charge in [-0.15, -0.1) is 0 Å². The molecular formula is C14H29N3O3S. The molecule has 0 amide bonds. The summed E-state index contributed by atoms with van der Waals surface area (Å²) in [5.41, 5.74) is 0. The summed E-state index contributed by atoms with van der Waals surface area (Å²) in [7, 11) is -1.79. The smallest absolute Gasteiger partial charge is 0.282 e. The van der Waals surface area contributed by atoms with Gasteiger partial charge in [0.15, 0.2) is 0 Å². The predicted octanol–water partition coefficient (Wildman–Crippen LogP) is 0.494. The van der Waals surface area contributed by atoms with Gasteiger partial charge < -0.3 is 5.11 Å². The van der Waals surface area contributed by atoms with Crippen molar-refractivity contribution in [3.05, 3.63) is 0 Å². The molecule has 0 saturated carbocycles. The van der Waals surface area contributed by atoms with Crippen LogP contribution in [0.5, 0.6) is 0 Å². The van der Waals surface area contributed by atoms with Crippen molar-refractivity contribution in [1.82, 2.24) is 13.5 Å². The summed E-state index contributed by atoms with van der Waals surface area (Å²) in [6.07, 6.45) is 4.85. The molecular weight excluding hydrogens is 290 g/mol. The second kappa shape index (κ2) is 7.37. The molecule has 7 heteroatoms. The first-order valence-corrected chi connectivity index (χ1v) is 9.48. The van der Waals surface area contributed by atoms with Gasteiger partial charge in [-0.3, -0.25) is 4.90 Å². The van der Waals surface area contributed by atoms with Crippen LogP contribution in [0.15, 0.2) is 0 Å². The molecule has 0 aliphatic carbocycles. The minimum Gasteiger partial charge on any atom is -0.395 e. The fourth-order valence-electron chi connectivity index (χ4n) is 3.55. The van der Waals surface area contributed by atoms with Crippen LogP contribution in [-0.2, 0) is 10.2 Å². The molecule has 124 valence electrons. The van der Waals surface area contributed by atoms with Crippen molar-refractivity contribution in [2.45, 2.75) is 51.1 Å². The molecule has 2 heterocycles. The van der Waals surface area contributed by atoms with Crippen LogP contribution in [0.4, 0.5) is 0 Å². The number of aliphatic hydroxyl groups excluding tert-OH is 1. The van der Waals surface area contributed by atoms with Crippen molar-refractivity contribution in [3.63, 3.8) is 0 Å². The normalized spacial score (nSPS) is 29.3. The van der Waals surface area contributed by atoms with Crippen molar-refractivity contribution >= 4 is 10.2 Å². The van der Waals surface area contributed by atoms with Gasteiger partial charge in [-0.1, -0.05) is 13.3 Å². The summed E-state index contributed by atoms with van der Waals surface area (Å²) in [6.45, 7) is 5.15. The zero-order valence-corrected chi connectivity index (χ0v) is 14.1. The van der Waals surface area contributed by atoms with Gasteiger partial charge in [-0.25, -0.2) is 0 Å². The molecule has 2 fully saturated rings. The zero-order valence-electron chi connectivity index (χ0n) is 13.2. The Balaban J connectivity index is 2.03. The molecule has 2 unspecified atom stereocenters. The lowest BCUT2D eigenvalue weighted by atomic mass is 10.1. The van der Waals surface area contributed by atoms with Crippen molar-refractivity contribution in [2.75, 3.05) is 39.8 Å². The van der Waals surface area contributed by atoms with Crippen molar-refractivity contribution in [3.8, 4) is 0 Å². The second-order valence-corrected chi connectivity index (χ2v) is 8.14. The molecule has 1 N–H and O–H groups in total. The molecule has 2 saturated heterocycles. The monoisotopic (exact) mass is 319 g/mol. The van der Waals surface area contributed by atoms with E-state index in [1.807, 2.05) is 0 Å². The quantitative estimate of drug-likeness (QED) is 0.774. The Morgan fingerprint density at radius 2 is 1.86 bits per heavy atom. The highest BCUT2D eigenvalue weighted by atomic mass is 32.2. The van der Waals surface area contributed by atoms with Gasteiger partial charge in [0.2, 0.25) is 0 Å². The maximum absolute atomic E-state index is 12.8. The minimum atomic E-state index is -3.46. The number of hydrogen-bond acceptors (Lipinski definition) is 4. The van der Waals surface area contributed by atoms with Gasteiger partial charge in [0.25, 0.3) is 10.2 Å². The van der Waals surface area contributed by atoms with Crippen LogP contribution < -0.4 is 0 Å². The molecule has 0 radical (unpaired) electrons. The van der Waals surface area contributed by atoms with Crippen LogP contribution >= 0.6 is 0 Å². The van der Waals surface area contributed by atoms with Crippen LogP contribution in [-0.4, -0.2) is 79.0 Å². The molecule has 0 bridgehead atoms. The highest BCUT2D eigenvalue weighted by Gasteiger charge is 2.36. The molecule has 2 aliphatic rings. The van der Waals surface area contributed by atoms with E-state index in [0.29, 0.717) is 19.1 Å². The lowest BCUT2D eigenvalue weighted by molar-refractivity contribution is 0.146. The number of likely N-dealkylation sites (N-methyl/N-ethyl adjacent to an activating group) is 2. The van der Waals surface area contributed by atoms with E-state index < -0.39 is 10.2 Å². The van der Waals surface area contributed by atoms with Crippen LogP contribution in [0.3, 0.4) is 0 Å². The highest BCUT2D eigenvalue weighted by Crippen LogP contribution is 2.24. The van der Waals surface area contributed by atoms with E-state index in [-0.39, 0.29) is 12.6 Å². The average molecular weight is 319 g/mol. The molecule has 2 rings (SSSR count). The van der Waals surface area contributed by atoms with E-state index in [0.717, 1.165) is 45.2 Å². The standard InChI is InChI=1S/C14H29N3O3S/c1-3-16-9-6-8-13(16)11-15(2)21(19,20)17-10-5-4-7-14(17)12-18/h13-14,18H,3-12H2,1-2H3. The second-order valence-electron chi connectivity index (χ2n) is 6.16. The first-order chi connectivity index (χ1) is 10.0. The number of rotatable bonds is 6. The first-order valence-electron chi connectivity index (χ1n) is 8.08. The summed E-state index contributed by atoms with van der Waals surface area (Å²) >= 11 is 0. The largest absolute Gasteiger partial charge is 0.395 e. The number of piperidine rings is 1. The van der Waals surface area contributed by atoms with Gasteiger partial charge in [0.05, 0.1) is 6.61 Å². The van der Waals surface area contributed by atoms with Gasteiger partial charge in [0, 0.05) is 32.2 Å². The van der Waals surface area contributed by atoms with E-state index in [1.165, 1.54) is 8.61 Å². The Labute approximate surface area is 128 Å². The SMILES string of the molecule is CCN1CCCC1CN(C)S(=O)(=O)N1CCCCC1CO. The third-order valence-electron chi connectivity index (χ3n) is 4.85. The van der Waals surface area contributed by atoms with Crippen LogP contribution in [0.2, 0.25) is 0 Å². The molecule has 0 aromatic heterocycles. The van der Waals surface area contributed by atoms with E-state index in [1.54, 1.807) is 7.05 Å². The zero-order chi connectivity index (χ0) is 15.5. The summed E-state index contributed by atoms with van der Waals surface area (Å²) in [5, 5.41) is 9.44. The maximum atomic E-state index is 12.8. The predicted molar refractivity (Wildman–Crippen MR) is 83.2 cm³/mol. The van der Waals surface area contributed by atoms with Crippen LogP contribution in [0.1, 0.15) is 39.0 Å². The molecule has 21 heavy (non-hydrogen) atoms. The third-order valence-corrected chi connectivity index (χ3v) is 6.86. The van der Waals surface area contributed by atoms with Gasteiger partial charge in [-0.05, 0) is 38.8 Å². The summed E-state index contributed by atoms with van der Waals surface area (Å²) in [5.74, 6) is 0. The minimum absolute atomic E-state index is 0.0857. The lowest BCUT2D eigenvalue weighted by Crippen LogP contribution is -2.53. The van der Waals surface area contributed by atoms with E-state index in [4.69, 9.17) is 0 Å². The summed E-state index contributed by atoms with van der Waals surface area (Å²) in [6, 6.07) is 0.0733. The van der Waals surface area contributed by atoms with E-state index in [9.17, 15) is 13.5 Å². The molecule has 6 nitrogen and oxygen atoms in total. The fraction of sp³-hybridized carbons (Fsp3) is 1.00. The van der Waals surface area contributed by atoms with Crippen LogP contribution in [0, 0.1) is 0 Å². The molecule has 0 spiro atoms. The molecule has 2 atom stereocenters. The lowest BCUT2D eigenvalue weighted by Gasteiger charge is -2.37. The average Bonchev–Trinajstić information content (AvgIpc) is 2.94. The Bertz CT molecular complexity index is 429. The highest BCUT2D eigenvalue weighted by molar-refractivity contribution is 7.86. The number of likely N-dealkylation sites (tertiary alicyclic amines) is 1. The molecule has 0 aromatic carbocycles. The summed E-state index contributed by atoms with van der Waals surface area (Å²) in [4.78, 5) is 2.35. The number of hydrogen-bond donors (Lipinski definition) is 1. The fourth-order valence-corrected chi connectivity index (χ4v) is 5.18.